The van der Waals surface area contributed by atoms with E-state index in [0.29, 0.717) is 18.8 Å². The van der Waals surface area contributed by atoms with Crippen molar-refractivity contribution in [3.05, 3.63) is 11.9 Å². The first-order chi connectivity index (χ1) is 8.17. The van der Waals surface area contributed by atoms with Gasteiger partial charge < -0.3 is 15.8 Å². The molecule has 96 valence electrons. The van der Waals surface area contributed by atoms with Crippen molar-refractivity contribution in [3.63, 3.8) is 0 Å². The number of rotatable bonds is 7. The summed E-state index contributed by atoms with van der Waals surface area (Å²) in [5.41, 5.74) is 6.51. The summed E-state index contributed by atoms with van der Waals surface area (Å²) < 4.78 is 6.31. The van der Waals surface area contributed by atoms with Gasteiger partial charge in [0.05, 0.1) is 24.5 Å². The molecule has 0 radical (unpaired) electrons. The molecule has 1 rings (SSSR count). The van der Waals surface area contributed by atoms with Crippen LogP contribution in [0.1, 0.15) is 25.1 Å². The van der Waals surface area contributed by atoms with Crippen molar-refractivity contribution in [2.45, 2.75) is 25.9 Å². The standard InChI is InChI=1S/C10H19N5O2/c1-3-8(11)9-6-15(14-13-9)7-10(16)12-4-5-17-2/h6,8H,3-5,7,11H2,1-2H3,(H,12,16). The summed E-state index contributed by atoms with van der Waals surface area (Å²) in [4.78, 5) is 11.4. The van der Waals surface area contributed by atoms with Crippen molar-refractivity contribution >= 4 is 5.91 Å². The molecule has 0 saturated carbocycles. The number of nitrogens with two attached hydrogens (primary N) is 1. The predicted octanol–water partition coefficient (Wildman–Crippen LogP) is -0.549. The van der Waals surface area contributed by atoms with Gasteiger partial charge in [0.15, 0.2) is 0 Å². The van der Waals surface area contributed by atoms with Crippen LogP contribution in [0.2, 0.25) is 0 Å². The molecule has 0 aliphatic heterocycles. The molecule has 1 heterocycles. The molecular weight excluding hydrogens is 222 g/mol. The van der Waals surface area contributed by atoms with Gasteiger partial charge in [-0.3, -0.25) is 4.79 Å². The average molecular weight is 241 g/mol. The highest BCUT2D eigenvalue weighted by atomic mass is 16.5. The Morgan fingerprint density at radius 3 is 3.12 bits per heavy atom. The van der Waals surface area contributed by atoms with Crippen LogP contribution in [0, 0.1) is 0 Å². The van der Waals surface area contributed by atoms with Crippen LogP contribution in [0.5, 0.6) is 0 Å². The molecular formula is C10H19N5O2. The van der Waals surface area contributed by atoms with Gasteiger partial charge in [0.1, 0.15) is 6.54 Å². The van der Waals surface area contributed by atoms with Crippen LogP contribution in [0.4, 0.5) is 0 Å². The first-order valence-electron chi connectivity index (χ1n) is 5.58. The fourth-order valence-electron chi connectivity index (χ4n) is 1.27. The van der Waals surface area contributed by atoms with Crippen LogP contribution in [0.15, 0.2) is 6.20 Å². The molecule has 1 unspecified atom stereocenters. The minimum absolute atomic E-state index is 0.122. The van der Waals surface area contributed by atoms with E-state index in [1.807, 2.05) is 6.92 Å². The lowest BCUT2D eigenvalue weighted by atomic mass is 10.2. The molecule has 1 amide bonds. The van der Waals surface area contributed by atoms with Gasteiger partial charge in [0.25, 0.3) is 0 Å². The summed E-state index contributed by atoms with van der Waals surface area (Å²) in [5.74, 6) is -0.122. The molecule has 0 bridgehead atoms. The van der Waals surface area contributed by atoms with Gasteiger partial charge in [-0.2, -0.15) is 0 Å². The highest BCUT2D eigenvalue weighted by molar-refractivity contribution is 5.75. The number of methoxy groups -OCH3 is 1. The predicted molar refractivity (Wildman–Crippen MR) is 62.1 cm³/mol. The maximum absolute atomic E-state index is 11.4. The Bertz CT molecular complexity index is 352. The van der Waals surface area contributed by atoms with Crippen LogP contribution >= 0.6 is 0 Å². The second-order valence-electron chi connectivity index (χ2n) is 3.70. The van der Waals surface area contributed by atoms with E-state index in [4.69, 9.17) is 10.5 Å². The van der Waals surface area contributed by atoms with Crippen LogP contribution in [-0.2, 0) is 16.1 Å². The van der Waals surface area contributed by atoms with Gasteiger partial charge in [-0.1, -0.05) is 12.1 Å². The largest absolute Gasteiger partial charge is 0.383 e. The lowest BCUT2D eigenvalue weighted by molar-refractivity contribution is -0.122. The maximum atomic E-state index is 11.4. The lowest BCUT2D eigenvalue weighted by Crippen LogP contribution is -2.30. The van der Waals surface area contributed by atoms with Gasteiger partial charge in [0.2, 0.25) is 5.91 Å². The molecule has 7 heteroatoms. The lowest BCUT2D eigenvalue weighted by Gasteiger charge is -2.04. The molecule has 1 atom stereocenters. The van der Waals surface area contributed by atoms with E-state index in [9.17, 15) is 4.79 Å². The Hall–Kier alpha value is -1.47. The van der Waals surface area contributed by atoms with Crippen molar-refractivity contribution in [1.82, 2.24) is 20.3 Å². The van der Waals surface area contributed by atoms with Crippen molar-refractivity contribution < 1.29 is 9.53 Å². The van der Waals surface area contributed by atoms with Crippen LogP contribution in [0.25, 0.3) is 0 Å². The van der Waals surface area contributed by atoms with E-state index in [0.717, 1.165) is 6.42 Å². The van der Waals surface area contributed by atoms with E-state index >= 15 is 0 Å². The number of ether oxygens (including phenoxy) is 1. The van der Waals surface area contributed by atoms with E-state index in [1.165, 1.54) is 4.68 Å². The summed E-state index contributed by atoms with van der Waals surface area (Å²) in [6, 6.07) is -0.125. The topological polar surface area (TPSA) is 95.1 Å². The number of nitrogens with one attached hydrogen (secondary N) is 1. The monoisotopic (exact) mass is 241 g/mol. The Morgan fingerprint density at radius 1 is 1.71 bits per heavy atom. The molecule has 17 heavy (non-hydrogen) atoms. The van der Waals surface area contributed by atoms with E-state index < -0.39 is 0 Å². The maximum Gasteiger partial charge on any atom is 0.241 e. The summed E-state index contributed by atoms with van der Waals surface area (Å²) >= 11 is 0. The zero-order chi connectivity index (χ0) is 12.7. The molecule has 0 aliphatic carbocycles. The number of carbonyl (C=O) groups excluding carboxylic acids is 1. The molecule has 0 aliphatic rings. The Kier molecular flexibility index (Phi) is 5.58. The number of carbonyl (C=O) groups is 1. The molecule has 1 aromatic rings. The number of hydrogen-bond donors (Lipinski definition) is 2. The minimum Gasteiger partial charge on any atom is -0.383 e. The van der Waals surface area contributed by atoms with Crippen LogP contribution in [0.3, 0.4) is 0 Å². The van der Waals surface area contributed by atoms with Crippen molar-refractivity contribution in [3.8, 4) is 0 Å². The zero-order valence-corrected chi connectivity index (χ0v) is 10.2. The van der Waals surface area contributed by atoms with E-state index in [1.54, 1.807) is 13.3 Å². The second-order valence-corrected chi connectivity index (χ2v) is 3.70. The molecule has 7 nitrogen and oxygen atoms in total. The van der Waals surface area contributed by atoms with Crippen LogP contribution in [-0.4, -0.2) is 41.2 Å². The fraction of sp³-hybridized carbons (Fsp3) is 0.700. The summed E-state index contributed by atoms with van der Waals surface area (Å²) in [6.07, 6.45) is 2.49. The number of aromatic nitrogens is 3. The molecule has 0 aromatic carbocycles. The summed E-state index contributed by atoms with van der Waals surface area (Å²) in [6.45, 7) is 3.11. The first kappa shape index (κ1) is 13.6. The Balaban J connectivity index is 2.40. The molecule has 0 fully saturated rings. The Morgan fingerprint density at radius 2 is 2.47 bits per heavy atom. The SMILES string of the molecule is CCC(N)c1cn(CC(=O)NCCOC)nn1. The molecule has 1 aromatic heterocycles. The third-order valence-electron chi connectivity index (χ3n) is 2.31. The first-order valence-corrected chi connectivity index (χ1v) is 5.58. The molecule has 0 saturated heterocycles. The van der Waals surface area contributed by atoms with Gasteiger partial charge in [-0.25, -0.2) is 4.68 Å². The van der Waals surface area contributed by atoms with E-state index in [2.05, 4.69) is 15.6 Å². The van der Waals surface area contributed by atoms with Gasteiger partial charge in [-0.05, 0) is 6.42 Å². The third kappa shape index (κ3) is 4.49. The van der Waals surface area contributed by atoms with Crippen molar-refractivity contribution in [2.75, 3.05) is 20.3 Å². The van der Waals surface area contributed by atoms with Crippen molar-refractivity contribution in [2.24, 2.45) is 5.73 Å². The number of amides is 1. The second kappa shape index (κ2) is 6.97. The number of hydrogen-bond acceptors (Lipinski definition) is 5. The summed E-state index contributed by atoms with van der Waals surface area (Å²) in [7, 11) is 1.59. The summed E-state index contributed by atoms with van der Waals surface area (Å²) in [5, 5.41) is 10.5. The highest BCUT2D eigenvalue weighted by Gasteiger charge is 2.10. The van der Waals surface area contributed by atoms with Crippen molar-refractivity contribution in [1.29, 1.82) is 0 Å². The molecule has 3 N–H and O–H groups in total. The third-order valence-corrected chi connectivity index (χ3v) is 2.31. The fourth-order valence-corrected chi connectivity index (χ4v) is 1.27. The van der Waals surface area contributed by atoms with Gasteiger partial charge in [0, 0.05) is 13.7 Å². The number of nitrogens with zero attached hydrogens (tertiary/aromatic N) is 3. The molecule has 0 spiro atoms. The zero-order valence-electron chi connectivity index (χ0n) is 10.2. The van der Waals surface area contributed by atoms with Gasteiger partial charge >= 0.3 is 0 Å². The van der Waals surface area contributed by atoms with E-state index in [-0.39, 0.29) is 18.5 Å². The quantitative estimate of drug-likeness (QED) is 0.625. The Labute approximate surface area is 100 Å². The van der Waals surface area contributed by atoms with Gasteiger partial charge in [-0.15, -0.1) is 5.10 Å². The highest BCUT2D eigenvalue weighted by Crippen LogP contribution is 2.08. The smallest absolute Gasteiger partial charge is 0.241 e. The minimum atomic E-state index is -0.125. The average Bonchev–Trinajstić information content (AvgIpc) is 2.77. The normalized spacial score (nSPS) is 12.4. The van der Waals surface area contributed by atoms with Crippen LogP contribution < -0.4 is 11.1 Å².